The summed E-state index contributed by atoms with van der Waals surface area (Å²) in [6, 6.07) is 98.0. The molecule has 390 valence electrons. The van der Waals surface area contributed by atoms with Gasteiger partial charge in [0.2, 0.25) is 0 Å². The second-order valence-electron chi connectivity index (χ2n) is 21.4. The van der Waals surface area contributed by atoms with Crippen molar-refractivity contribution in [3.8, 4) is 67.3 Å². The van der Waals surface area contributed by atoms with Crippen LogP contribution in [-0.4, -0.2) is 29.9 Å². The lowest BCUT2D eigenvalue weighted by Crippen LogP contribution is -1.90. The SMILES string of the molecule is c1ccc(-c2ccc3cc(-c4ccc5ccc(-c6cc7cccnc7c7ccccc67)nc5c4)ccc3n2)cc1.c1ccc2c(-c3ccc4cc(-c5ccc6ccc(-c7cc8cccnc8c8ccccc78)nc6c5)ccc4n3)cccc2c1. The second-order valence-corrected chi connectivity index (χ2v) is 21.4. The third kappa shape index (κ3) is 8.78. The largest absolute Gasteiger partial charge is 0.256 e. The molecule has 0 N–H and O–H groups in total. The Hall–Kier alpha value is -11.3. The lowest BCUT2D eigenvalue weighted by molar-refractivity contribution is 1.39. The van der Waals surface area contributed by atoms with Crippen LogP contribution in [0.4, 0.5) is 0 Å². The van der Waals surface area contributed by atoms with Gasteiger partial charge in [-0.25, -0.2) is 19.9 Å². The summed E-state index contributed by atoms with van der Waals surface area (Å²) in [5.74, 6) is 0. The highest BCUT2D eigenvalue weighted by atomic mass is 14.7. The Morgan fingerprint density at radius 1 is 0.190 bits per heavy atom. The minimum Gasteiger partial charge on any atom is -0.256 e. The second kappa shape index (κ2) is 20.3. The highest BCUT2D eigenvalue weighted by molar-refractivity contribution is 6.13. The zero-order valence-corrected chi connectivity index (χ0v) is 45.4. The molecule has 0 unspecified atom stereocenters. The van der Waals surface area contributed by atoms with Gasteiger partial charge in [0.25, 0.3) is 0 Å². The standard InChI is InChI=1S/C41H25N3.C37H23N3/c1-2-10-32-26(7-1)8-5-13-34(32)38-21-18-30-23-28(17-19-37(30)43-38)29-15-14-27-16-20-39(44-40(27)25-29)36-24-31-9-6-22-42-41(31)35-12-4-3-11-33(35)36;1-2-7-24(8-3-1)33-18-16-28-21-26(15-17-34(28)39-33)27-13-12-25-14-19-35(40-36(25)23-27)32-22-29-9-6-20-38-37(29)31-11-5-4-10-30(31)32/h1-25H;1-23H. The van der Waals surface area contributed by atoms with Crippen LogP contribution in [0.2, 0.25) is 0 Å². The van der Waals surface area contributed by atoms with Gasteiger partial charge in [-0.1, -0.05) is 194 Å². The summed E-state index contributed by atoms with van der Waals surface area (Å²) in [6.07, 6.45) is 3.71. The Labute approximate surface area is 483 Å². The fraction of sp³-hybridized carbons (Fsp3) is 0. The monoisotopic (exact) mass is 1070 g/mol. The van der Waals surface area contributed by atoms with E-state index >= 15 is 0 Å². The molecule has 6 aromatic heterocycles. The molecular weight excluding hydrogens is 1020 g/mol. The van der Waals surface area contributed by atoms with Crippen molar-refractivity contribution < 1.29 is 0 Å². The van der Waals surface area contributed by atoms with Crippen molar-refractivity contribution in [2.75, 3.05) is 0 Å². The number of nitrogens with zero attached hydrogens (tertiary/aromatic N) is 6. The Morgan fingerprint density at radius 3 is 1.17 bits per heavy atom. The van der Waals surface area contributed by atoms with E-state index in [0.29, 0.717) is 0 Å². The van der Waals surface area contributed by atoms with Gasteiger partial charge in [-0.05, 0) is 129 Å². The third-order valence-corrected chi connectivity index (χ3v) is 16.3. The molecule has 0 fully saturated rings. The van der Waals surface area contributed by atoms with E-state index in [-0.39, 0.29) is 0 Å². The molecule has 17 aromatic rings. The molecule has 0 radical (unpaired) electrons. The summed E-state index contributed by atoms with van der Waals surface area (Å²) in [6.45, 7) is 0. The molecular formula is C78H48N6. The number of benzene rings is 11. The first kappa shape index (κ1) is 48.6. The van der Waals surface area contributed by atoms with Gasteiger partial charge in [-0.15, -0.1) is 0 Å². The number of hydrogen-bond donors (Lipinski definition) is 0. The van der Waals surface area contributed by atoms with Crippen LogP contribution in [0.15, 0.2) is 291 Å². The van der Waals surface area contributed by atoms with Crippen LogP contribution >= 0.6 is 0 Å². The lowest BCUT2D eigenvalue weighted by Gasteiger charge is -2.11. The van der Waals surface area contributed by atoms with Crippen LogP contribution in [0.25, 0.3) is 165 Å². The van der Waals surface area contributed by atoms with Gasteiger partial charge >= 0.3 is 0 Å². The van der Waals surface area contributed by atoms with Crippen LogP contribution in [0.1, 0.15) is 0 Å². The summed E-state index contributed by atoms with van der Waals surface area (Å²) in [5, 5.41) is 13.8. The van der Waals surface area contributed by atoms with E-state index in [1.54, 1.807) is 0 Å². The van der Waals surface area contributed by atoms with E-state index in [2.05, 4.69) is 259 Å². The van der Waals surface area contributed by atoms with Crippen LogP contribution in [-0.2, 0) is 0 Å². The maximum Gasteiger partial charge on any atom is 0.0780 e. The number of hydrogen-bond acceptors (Lipinski definition) is 6. The van der Waals surface area contributed by atoms with Crippen LogP contribution < -0.4 is 0 Å². The van der Waals surface area contributed by atoms with Crippen molar-refractivity contribution in [2.24, 2.45) is 0 Å². The molecule has 84 heavy (non-hydrogen) atoms. The molecule has 6 nitrogen and oxygen atoms in total. The lowest BCUT2D eigenvalue weighted by atomic mass is 9.97. The minimum absolute atomic E-state index is 0.959. The molecule has 6 heteroatoms. The predicted molar refractivity (Wildman–Crippen MR) is 350 cm³/mol. The fourth-order valence-electron chi connectivity index (χ4n) is 12.1. The normalized spacial score (nSPS) is 11.6. The molecule has 0 aliphatic carbocycles. The maximum absolute atomic E-state index is 5.19. The van der Waals surface area contributed by atoms with E-state index < -0.39 is 0 Å². The molecule has 0 spiro atoms. The van der Waals surface area contributed by atoms with E-state index in [4.69, 9.17) is 19.9 Å². The molecule has 0 aliphatic rings. The van der Waals surface area contributed by atoms with E-state index in [9.17, 15) is 0 Å². The van der Waals surface area contributed by atoms with E-state index in [1.165, 1.54) is 10.8 Å². The van der Waals surface area contributed by atoms with Crippen molar-refractivity contribution in [1.29, 1.82) is 0 Å². The van der Waals surface area contributed by atoms with Crippen molar-refractivity contribution >= 4 is 97.7 Å². The van der Waals surface area contributed by atoms with Gasteiger partial charge in [0.15, 0.2) is 0 Å². The van der Waals surface area contributed by atoms with Gasteiger partial charge in [-0.2, -0.15) is 0 Å². The van der Waals surface area contributed by atoms with Gasteiger partial charge in [0, 0.05) is 77.7 Å². The van der Waals surface area contributed by atoms with Gasteiger partial charge < -0.3 is 0 Å². The summed E-state index contributed by atoms with van der Waals surface area (Å²) < 4.78 is 0. The maximum atomic E-state index is 5.19. The molecule has 0 atom stereocenters. The number of rotatable bonds is 6. The smallest absolute Gasteiger partial charge is 0.0780 e. The molecule has 0 amide bonds. The Bertz CT molecular complexity index is 5460. The van der Waals surface area contributed by atoms with Gasteiger partial charge in [-0.3, -0.25) is 9.97 Å². The van der Waals surface area contributed by atoms with E-state index in [0.717, 1.165) is 154 Å². The summed E-state index contributed by atoms with van der Waals surface area (Å²) in [7, 11) is 0. The summed E-state index contributed by atoms with van der Waals surface area (Å²) >= 11 is 0. The average molecular weight is 1070 g/mol. The number of fused-ring (bicyclic) bond motifs is 11. The van der Waals surface area contributed by atoms with Crippen molar-refractivity contribution in [3.63, 3.8) is 0 Å². The first-order chi connectivity index (χ1) is 41.6. The Kier molecular flexibility index (Phi) is 11.8. The topological polar surface area (TPSA) is 77.3 Å². The number of aromatic nitrogens is 6. The molecule has 0 saturated heterocycles. The Morgan fingerprint density at radius 2 is 0.595 bits per heavy atom. The average Bonchev–Trinajstić information content (AvgIpc) is 3.00. The third-order valence-electron chi connectivity index (χ3n) is 16.3. The predicted octanol–water partition coefficient (Wildman–Crippen LogP) is 20.1. The first-order valence-corrected chi connectivity index (χ1v) is 28.3. The van der Waals surface area contributed by atoms with E-state index in [1.807, 2.05) is 42.7 Å². The number of pyridine rings is 6. The molecule has 0 aliphatic heterocycles. The highest BCUT2D eigenvalue weighted by Crippen LogP contribution is 2.38. The molecule has 0 bridgehead atoms. The first-order valence-electron chi connectivity index (χ1n) is 28.3. The highest BCUT2D eigenvalue weighted by Gasteiger charge is 2.15. The molecule has 11 aromatic carbocycles. The molecule has 6 heterocycles. The quantitative estimate of drug-likeness (QED) is 0.154. The van der Waals surface area contributed by atoms with Crippen LogP contribution in [0.5, 0.6) is 0 Å². The zero-order valence-electron chi connectivity index (χ0n) is 45.4. The minimum atomic E-state index is 0.959. The van der Waals surface area contributed by atoms with Gasteiger partial charge in [0.05, 0.1) is 55.9 Å². The van der Waals surface area contributed by atoms with Crippen LogP contribution in [0, 0.1) is 0 Å². The molecule has 0 saturated carbocycles. The zero-order chi connectivity index (χ0) is 55.5. The van der Waals surface area contributed by atoms with Crippen molar-refractivity contribution in [2.45, 2.75) is 0 Å². The summed E-state index contributed by atoms with van der Waals surface area (Å²) in [5.41, 5.74) is 18.9. The summed E-state index contributed by atoms with van der Waals surface area (Å²) in [4.78, 5) is 29.6. The Balaban J connectivity index is 0.000000138. The van der Waals surface area contributed by atoms with Crippen molar-refractivity contribution in [3.05, 3.63) is 291 Å². The molecule has 17 rings (SSSR count). The van der Waals surface area contributed by atoms with Crippen LogP contribution in [0.3, 0.4) is 0 Å². The van der Waals surface area contributed by atoms with Gasteiger partial charge in [0.1, 0.15) is 0 Å². The fourth-order valence-corrected chi connectivity index (χ4v) is 12.1. The van der Waals surface area contributed by atoms with Crippen molar-refractivity contribution in [1.82, 2.24) is 29.9 Å².